The second-order valence-corrected chi connectivity index (χ2v) is 12.4. The van der Waals surface area contributed by atoms with Crippen LogP contribution < -0.4 is 9.47 Å². The van der Waals surface area contributed by atoms with E-state index in [-0.39, 0.29) is 48.7 Å². The molecule has 0 bridgehead atoms. The first-order chi connectivity index (χ1) is 19.6. The fourth-order valence-corrected chi connectivity index (χ4v) is 6.61. The summed E-state index contributed by atoms with van der Waals surface area (Å²) in [5.74, 6) is 6.76. The number of carbonyl (C=O) groups is 1. The highest BCUT2D eigenvalue weighted by Gasteiger charge is 2.38. The maximum absolute atomic E-state index is 13.7. The van der Waals surface area contributed by atoms with E-state index in [4.69, 9.17) is 14.2 Å². The Kier molecular flexibility index (Phi) is 10.3. The molecule has 10 nitrogen and oxygen atoms in total. The summed E-state index contributed by atoms with van der Waals surface area (Å²) < 4.78 is 45.8. The SMILES string of the molecule is COc1ccc(C#Cc2ccc3c(c2)O[C@H](CN(C)C(=O)CN2CCOCC2)[C@H](C)CN([C@H](C)CO)S3(=O)=O)cc1. The lowest BCUT2D eigenvalue weighted by atomic mass is 10.0. The predicted molar refractivity (Wildman–Crippen MR) is 154 cm³/mol. The third-order valence-electron chi connectivity index (χ3n) is 7.45. The quantitative estimate of drug-likeness (QED) is 0.489. The summed E-state index contributed by atoms with van der Waals surface area (Å²) in [4.78, 5) is 16.8. The van der Waals surface area contributed by atoms with Gasteiger partial charge in [0, 0.05) is 49.8 Å². The second kappa shape index (κ2) is 13.7. The third kappa shape index (κ3) is 7.58. The maximum Gasteiger partial charge on any atom is 0.247 e. The maximum atomic E-state index is 13.7. The molecule has 2 aromatic rings. The van der Waals surface area contributed by atoms with Gasteiger partial charge in [0.25, 0.3) is 0 Å². The number of aliphatic hydroxyl groups excluding tert-OH is 1. The minimum atomic E-state index is -3.98. The highest BCUT2D eigenvalue weighted by Crippen LogP contribution is 2.34. The van der Waals surface area contributed by atoms with Crippen molar-refractivity contribution < 1.29 is 32.5 Å². The number of hydrogen-bond donors (Lipinski definition) is 1. The Morgan fingerprint density at radius 3 is 2.46 bits per heavy atom. The number of hydrogen-bond acceptors (Lipinski definition) is 8. The van der Waals surface area contributed by atoms with Gasteiger partial charge in [-0.25, -0.2) is 8.42 Å². The number of morpholine rings is 1. The van der Waals surface area contributed by atoms with Crippen molar-refractivity contribution in [3.8, 4) is 23.3 Å². The van der Waals surface area contributed by atoms with Crippen LogP contribution in [0.1, 0.15) is 25.0 Å². The Hall–Kier alpha value is -3.14. The first-order valence-corrected chi connectivity index (χ1v) is 15.2. The number of likely N-dealkylation sites (N-methyl/N-ethyl adjacent to an activating group) is 1. The smallest absolute Gasteiger partial charge is 0.247 e. The molecule has 1 fully saturated rings. The molecular formula is C30H39N3O7S. The van der Waals surface area contributed by atoms with E-state index in [2.05, 4.69) is 16.7 Å². The first kappa shape index (κ1) is 30.8. The van der Waals surface area contributed by atoms with Gasteiger partial charge >= 0.3 is 0 Å². The largest absolute Gasteiger partial charge is 0.497 e. The van der Waals surface area contributed by atoms with Crippen molar-refractivity contribution in [3.63, 3.8) is 0 Å². The predicted octanol–water partition coefficient (Wildman–Crippen LogP) is 1.65. The molecule has 41 heavy (non-hydrogen) atoms. The number of nitrogens with zero attached hydrogens (tertiary/aromatic N) is 3. The molecule has 0 radical (unpaired) electrons. The molecule has 2 aromatic carbocycles. The van der Waals surface area contributed by atoms with E-state index in [1.54, 1.807) is 38.1 Å². The molecule has 1 N–H and O–H groups in total. The van der Waals surface area contributed by atoms with E-state index in [0.29, 0.717) is 31.9 Å². The second-order valence-electron chi connectivity index (χ2n) is 10.5. The molecule has 4 rings (SSSR count). The molecule has 0 aromatic heterocycles. The molecule has 0 aliphatic carbocycles. The van der Waals surface area contributed by atoms with Gasteiger partial charge in [-0.1, -0.05) is 18.8 Å². The van der Waals surface area contributed by atoms with Gasteiger partial charge in [-0.2, -0.15) is 4.31 Å². The van der Waals surface area contributed by atoms with Gasteiger partial charge in [0.1, 0.15) is 22.5 Å². The van der Waals surface area contributed by atoms with Gasteiger partial charge in [-0.05, 0) is 49.4 Å². The number of methoxy groups -OCH3 is 1. The van der Waals surface area contributed by atoms with E-state index >= 15 is 0 Å². The zero-order chi connectivity index (χ0) is 29.6. The Bertz CT molecular complexity index is 1360. The molecule has 1 amide bonds. The van der Waals surface area contributed by atoms with Gasteiger partial charge in [0.2, 0.25) is 15.9 Å². The van der Waals surface area contributed by atoms with E-state index in [1.807, 2.05) is 31.2 Å². The van der Waals surface area contributed by atoms with Crippen molar-refractivity contribution in [2.45, 2.75) is 30.9 Å². The lowest BCUT2D eigenvalue weighted by molar-refractivity contribution is -0.133. The lowest BCUT2D eigenvalue weighted by Gasteiger charge is -2.38. The van der Waals surface area contributed by atoms with Crippen LogP contribution >= 0.6 is 0 Å². The van der Waals surface area contributed by atoms with Crippen LogP contribution in [0.4, 0.5) is 0 Å². The lowest BCUT2D eigenvalue weighted by Crippen LogP contribution is -2.51. The number of fused-ring (bicyclic) bond motifs is 1. The van der Waals surface area contributed by atoms with E-state index < -0.39 is 22.2 Å². The fourth-order valence-electron chi connectivity index (χ4n) is 4.78. The molecule has 0 saturated carbocycles. The molecule has 2 aliphatic rings. The molecule has 3 atom stereocenters. The minimum absolute atomic E-state index is 0.00648. The van der Waals surface area contributed by atoms with Gasteiger partial charge < -0.3 is 24.2 Å². The number of carbonyl (C=O) groups excluding carboxylic acids is 1. The molecule has 0 unspecified atom stereocenters. The first-order valence-electron chi connectivity index (χ1n) is 13.8. The third-order valence-corrected chi connectivity index (χ3v) is 9.47. The van der Waals surface area contributed by atoms with Crippen molar-refractivity contribution in [1.82, 2.24) is 14.1 Å². The van der Waals surface area contributed by atoms with Crippen molar-refractivity contribution in [2.75, 3.05) is 66.7 Å². The van der Waals surface area contributed by atoms with Crippen LogP contribution in [0.2, 0.25) is 0 Å². The number of aliphatic hydroxyl groups is 1. The Labute approximate surface area is 242 Å². The number of sulfonamides is 1. The van der Waals surface area contributed by atoms with Crippen LogP contribution in [-0.4, -0.2) is 112 Å². The summed E-state index contributed by atoms with van der Waals surface area (Å²) in [5.41, 5.74) is 1.36. The highest BCUT2D eigenvalue weighted by molar-refractivity contribution is 7.89. The zero-order valence-electron chi connectivity index (χ0n) is 24.1. The summed E-state index contributed by atoms with van der Waals surface area (Å²) in [6, 6.07) is 11.5. The number of ether oxygens (including phenoxy) is 3. The molecule has 222 valence electrons. The number of rotatable bonds is 7. The summed E-state index contributed by atoms with van der Waals surface area (Å²) in [6.07, 6.45) is -0.499. The molecule has 11 heteroatoms. The summed E-state index contributed by atoms with van der Waals surface area (Å²) in [5, 5.41) is 9.88. The molecule has 2 aliphatic heterocycles. The molecule has 0 spiro atoms. The average Bonchev–Trinajstić information content (AvgIpc) is 2.98. The van der Waals surface area contributed by atoms with Crippen LogP contribution in [-0.2, 0) is 19.6 Å². The van der Waals surface area contributed by atoms with Crippen LogP contribution in [0, 0.1) is 17.8 Å². The van der Waals surface area contributed by atoms with Crippen molar-refractivity contribution >= 4 is 15.9 Å². The number of benzene rings is 2. The van der Waals surface area contributed by atoms with E-state index in [1.165, 1.54) is 10.4 Å². The van der Waals surface area contributed by atoms with Gasteiger partial charge in [-0.15, -0.1) is 0 Å². The minimum Gasteiger partial charge on any atom is -0.497 e. The van der Waals surface area contributed by atoms with Crippen LogP contribution in [0.3, 0.4) is 0 Å². The van der Waals surface area contributed by atoms with Gasteiger partial charge in [0.15, 0.2) is 0 Å². The van der Waals surface area contributed by atoms with E-state index in [0.717, 1.165) is 11.3 Å². The number of amides is 1. The van der Waals surface area contributed by atoms with Crippen LogP contribution in [0.15, 0.2) is 47.4 Å². The van der Waals surface area contributed by atoms with E-state index in [9.17, 15) is 18.3 Å². The standard InChI is InChI=1S/C30H39N3O7S/c1-22-18-33(23(2)21-34)41(36,37)29-12-9-25(6-5-24-7-10-26(38-4)11-8-24)17-27(29)40-28(22)19-31(3)30(35)20-32-13-15-39-16-14-32/h7-12,17,22-23,28,34H,13-16,18-21H2,1-4H3/t22-,23-,28-/m1/s1. The van der Waals surface area contributed by atoms with Crippen molar-refractivity contribution in [3.05, 3.63) is 53.6 Å². The van der Waals surface area contributed by atoms with Crippen LogP contribution in [0.5, 0.6) is 11.5 Å². The average molecular weight is 586 g/mol. The van der Waals surface area contributed by atoms with Gasteiger partial charge in [-0.3, -0.25) is 9.69 Å². The highest BCUT2D eigenvalue weighted by atomic mass is 32.2. The normalized spacial score (nSPS) is 21.7. The molecule has 2 heterocycles. The zero-order valence-corrected chi connectivity index (χ0v) is 24.9. The fraction of sp³-hybridized carbons (Fsp3) is 0.500. The van der Waals surface area contributed by atoms with Crippen molar-refractivity contribution in [2.24, 2.45) is 5.92 Å². The Morgan fingerprint density at radius 1 is 1.15 bits per heavy atom. The van der Waals surface area contributed by atoms with Gasteiger partial charge in [0.05, 0.1) is 40.0 Å². The Balaban J connectivity index is 1.63. The Morgan fingerprint density at radius 2 is 1.80 bits per heavy atom. The molecular weight excluding hydrogens is 546 g/mol. The monoisotopic (exact) mass is 585 g/mol. The molecule has 1 saturated heterocycles. The summed E-state index contributed by atoms with van der Waals surface area (Å²) >= 11 is 0. The summed E-state index contributed by atoms with van der Waals surface area (Å²) in [6.45, 7) is 6.56. The topological polar surface area (TPSA) is 109 Å². The summed E-state index contributed by atoms with van der Waals surface area (Å²) in [7, 11) is -0.644. The van der Waals surface area contributed by atoms with Crippen molar-refractivity contribution in [1.29, 1.82) is 0 Å². The van der Waals surface area contributed by atoms with Crippen LogP contribution in [0.25, 0.3) is 0 Å².